The topological polar surface area (TPSA) is 38.0 Å². The smallest absolute Gasteiger partial charge is 0.271 e. The third-order valence-electron chi connectivity index (χ3n) is 4.28. The van der Waals surface area contributed by atoms with Crippen molar-refractivity contribution in [3.05, 3.63) is 0 Å². The van der Waals surface area contributed by atoms with Crippen molar-refractivity contribution in [3.63, 3.8) is 0 Å². The SMILES string of the molecule is CC(C)C1CCC(C(CCC(F)(F)F)NN)CC1. The highest BCUT2D eigenvalue weighted by Gasteiger charge is 2.32. The molecular weight excluding hydrogens is 241 g/mol. The fourth-order valence-electron chi connectivity index (χ4n) is 2.99. The standard InChI is InChI=1S/C13H25F3N2/c1-9(2)10-3-5-11(6-4-10)12(18-17)7-8-13(14,15)16/h9-12,18H,3-8,17H2,1-2H3. The summed E-state index contributed by atoms with van der Waals surface area (Å²) in [6.45, 7) is 4.43. The van der Waals surface area contributed by atoms with Crippen molar-refractivity contribution in [3.8, 4) is 0 Å². The molecule has 5 heteroatoms. The van der Waals surface area contributed by atoms with E-state index in [1.165, 1.54) is 0 Å². The summed E-state index contributed by atoms with van der Waals surface area (Å²) in [5, 5.41) is 0. The van der Waals surface area contributed by atoms with E-state index in [2.05, 4.69) is 19.3 Å². The molecule has 108 valence electrons. The van der Waals surface area contributed by atoms with Crippen molar-refractivity contribution < 1.29 is 13.2 Å². The Hall–Kier alpha value is -0.290. The Balaban J connectivity index is 2.38. The van der Waals surface area contributed by atoms with Crippen LogP contribution in [0.25, 0.3) is 0 Å². The van der Waals surface area contributed by atoms with Crippen LogP contribution in [-0.4, -0.2) is 12.2 Å². The molecule has 1 aliphatic rings. The van der Waals surface area contributed by atoms with Gasteiger partial charge in [-0.3, -0.25) is 11.3 Å². The van der Waals surface area contributed by atoms with Gasteiger partial charge in [-0.25, -0.2) is 0 Å². The predicted octanol–water partition coefficient (Wildman–Crippen LogP) is 3.62. The first-order chi connectivity index (χ1) is 8.33. The highest BCUT2D eigenvalue weighted by molar-refractivity contribution is 4.82. The monoisotopic (exact) mass is 266 g/mol. The van der Waals surface area contributed by atoms with Gasteiger partial charge in [0.2, 0.25) is 0 Å². The van der Waals surface area contributed by atoms with Crippen LogP contribution in [0.1, 0.15) is 52.4 Å². The molecule has 1 atom stereocenters. The summed E-state index contributed by atoms with van der Waals surface area (Å²) in [5.41, 5.74) is 2.59. The van der Waals surface area contributed by atoms with Crippen LogP contribution in [0.15, 0.2) is 0 Å². The fraction of sp³-hybridized carbons (Fsp3) is 1.00. The van der Waals surface area contributed by atoms with E-state index in [1.54, 1.807) is 0 Å². The average molecular weight is 266 g/mol. The Labute approximate surface area is 107 Å². The zero-order chi connectivity index (χ0) is 13.8. The number of nitrogens with two attached hydrogens (primary N) is 1. The van der Waals surface area contributed by atoms with Gasteiger partial charge < -0.3 is 0 Å². The molecule has 0 radical (unpaired) electrons. The zero-order valence-corrected chi connectivity index (χ0v) is 11.3. The molecule has 1 fully saturated rings. The van der Waals surface area contributed by atoms with Crippen LogP contribution in [-0.2, 0) is 0 Å². The van der Waals surface area contributed by atoms with E-state index in [1.807, 2.05) is 0 Å². The lowest BCUT2D eigenvalue weighted by atomic mass is 9.74. The van der Waals surface area contributed by atoms with E-state index >= 15 is 0 Å². The Morgan fingerprint density at radius 2 is 1.61 bits per heavy atom. The molecule has 0 aromatic carbocycles. The van der Waals surface area contributed by atoms with Crippen molar-refractivity contribution in [1.82, 2.24) is 5.43 Å². The van der Waals surface area contributed by atoms with E-state index in [0.717, 1.165) is 31.6 Å². The summed E-state index contributed by atoms with van der Waals surface area (Å²) in [7, 11) is 0. The minimum atomic E-state index is -4.08. The minimum absolute atomic E-state index is 0.0943. The largest absolute Gasteiger partial charge is 0.389 e. The van der Waals surface area contributed by atoms with Crippen molar-refractivity contribution in [2.45, 2.75) is 64.6 Å². The van der Waals surface area contributed by atoms with E-state index < -0.39 is 12.6 Å². The lowest BCUT2D eigenvalue weighted by Gasteiger charge is -2.35. The molecule has 18 heavy (non-hydrogen) atoms. The lowest BCUT2D eigenvalue weighted by Crippen LogP contribution is -2.43. The molecule has 1 aliphatic carbocycles. The van der Waals surface area contributed by atoms with Crippen LogP contribution >= 0.6 is 0 Å². The van der Waals surface area contributed by atoms with E-state index in [4.69, 9.17) is 5.84 Å². The minimum Gasteiger partial charge on any atom is -0.271 e. The Kier molecular flexibility index (Phi) is 5.92. The molecule has 0 spiro atoms. The first-order valence-electron chi connectivity index (χ1n) is 6.86. The summed E-state index contributed by atoms with van der Waals surface area (Å²) < 4.78 is 36.7. The van der Waals surface area contributed by atoms with Crippen LogP contribution in [0.4, 0.5) is 13.2 Å². The average Bonchev–Trinajstić information content (AvgIpc) is 2.29. The summed E-state index contributed by atoms with van der Waals surface area (Å²) in [6.07, 6.45) is -0.503. The summed E-state index contributed by atoms with van der Waals surface area (Å²) in [4.78, 5) is 0. The second-order valence-corrected chi connectivity index (χ2v) is 5.85. The molecule has 0 aromatic rings. The number of hydrogen-bond donors (Lipinski definition) is 2. The van der Waals surface area contributed by atoms with Gasteiger partial charge in [0.1, 0.15) is 0 Å². The van der Waals surface area contributed by atoms with Crippen LogP contribution in [0.3, 0.4) is 0 Å². The molecule has 2 nitrogen and oxygen atoms in total. The van der Waals surface area contributed by atoms with E-state index in [0.29, 0.717) is 11.8 Å². The van der Waals surface area contributed by atoms with Crippen molar-refractivity contribution >= 4 is 0 Å². The number of alkyl halides is 3. The van der Waals surface area contributed by atoms with Crippen LogP contribution in [0, 0.1) is 17.8 Å². The van der Waals surface area contributed by atoms with Gasteiger partial charge in [0, 0.05) is 12.5 Å². The highest BCUT2D eigenvalue weighted by Crippen LogP contribution is 2.36. The number of nitrogens with one attached hydrogen (secondary N) is 1. The third-order valence-corrected chi connectivity index (χ3v) is 4.28. The Bertz CT molecular complexity index is 233. The third kappa shape index (κ3) is 5.14. The summed E-state index contributed by atoms with van der Waals surface area (Å²) in [6, 6.07) is -0.195. The second-order valence-electron chi connectivity index (χ2n) is 5.85. The van der Waals surface area contributed by atoms with Gasteiger partial charge in [-0.15, -0.1) is 0 Å². The van der Waals surface area contributed by atoms with Crippen LogP contribution in [0.5, 0.6) is 0 Å². The Morgan fingerprint density at radius 1 is 1.11 bits per heavy atom. The quantitative estimate of drug-likeness (QED) is 0.589. The molecule has 0 aliphatic heterocycles. The number of hydrogen-bond acceptors (Lipinski definition) is 2. The number of rotatable bonds is 5. The molecule has 3 N–H and O–H groups in total. The van der Waals surface area contributed by atoms with E-state index in [9.17, 15) is 13.2 Å². The van der Waals surface area contributed by atoms with Gasteiger partial charge in [0.25, 0.3) is 0 Å². The molecule has 0 bridgehead atoms. The number of halogens is 3. The molecule has 0 saturated heterocycles. The van der Waals surface area contributed by atoms with Gasteiger partial charge in [0.15, 0.2) is 0 Å². The van der Waals surface area contributed by atoms with Gasteiger partial charge in [-0.1, -0.05) is 13.8 Å². The maximum absolute atomic E-state index is 12.2. The van der Waals surface area contributed by atoms with Gasteiger partial charge in [-0.2, -0.15) is 13.2 Å². The van der Waals surface area contributed by atoms with Gasteiger partial charge >= 0.3 is 6.18 Å². The molecular formula is C13H25F3N2. The highest BCUT2D eigenvalue weighted by atomic mass is 19.4. The lowest BCUT2D eigenvalue weighted by molar-refractivity contribution is -0.137. The van der Waals surface area contributed by atoms with Crippen LogP contribution in [0.2, 0.25) is 0 Å². The molecule has 1 rings (SSSR count). The maximum atomic E-state index is 12.2. The first kappa shape index (κ1) is 15.8. The molecule has 0 amide bonds. The van der Waals surface area contributed by atoms with Crippen LogP contribution < -0.4 is 11.3 Å². The molecule has 1 saturated carbocycles. The molecule has 1 unspecified atom stereocenters. The van der Waals surface area contributed by atoms with Crippen molar-refractivity contribution in [1.29, 1.82) is 0 Å². The Morgan fingerprint density at radius 3 is 2.00 bits per heavy atom. The summed E-state index contributed by atoms with van der Waals surface area (Å²) >= 11 is 0. The molecule has 0 aromatic heterocycles. The maximum Gasteiger partial charge on any atom is 0.389 e. The predicted molar refractivity (Wildman–Crippen MR) is 66.7 cm³/mol. The zero-order valence-electron chi connectivity index (χ0n) is 11.3. The van der Waals surface area contributed by atoms with E-state index in [-0.39, 0.29) is 12.5 Å². The van der Waals surface area contributed by atoms with Gasteiger partial charge in [-0.05, 0) is 49.9 Å². The van der Waals surface area contributed by atoms with Crippen molar-refractivity contribution in [2.75, 3.05) is 0 Å². The first-order valence-corrected chi connectivity index (χ1v) is 6.86. The second kappa shape index (κ2) is 6.75. The molecule has 0 heterocycles. The number of hydrazine groups is 1. The van der Waals surface area contributed by atoms with Gasteiger partial charge in [0.05, 0.1) is 0 Å². The fourth-order valence-corrected chi connectivity index (χ4v) is 2.99. The van der Waals surface area contributed by atoms with Crippen molar-refractivity contribution in [2.24, 2.45) is 23.6 Å². The normalized spacial score (nSPS) is 27.5. The summed E-state index contributed by atoms with van der Waals surface area (Å²) in [5.74, 6) is 7.10.